The highest BCUT2D eigenvalue weighted by Gasteiger charge is 2.31. The molecule has 0 spiro atoms. The molecule has 0 saturated carbocycles. The molecule has 2 rings (SSSR count). The zero-order valence-electron chi connectivity index (χ0n) is 14.2. The van der Waals surface area contributed by atoms with E-state index in [1.54, 1.807) is 9.58 Å². The van der Waals surface area contributed by atoms with Gasteiger partial charge in [-0.2, -0.15) is 5.10 Å². The predicted molar refractivity (Wildman–Crippen MR) is 91.5 cm³/mol. The number of anilines is 1. The van der Waals surface area contributed by atoms with Gasteiger partial charge in [-0.05, 0) is 33.6 Å². The van der Waals surface area contributed by atoms with Crippen LogP contribution in [0.5, 0.6) is 0 Å². The first-order valence-electron chi connectivity index (χ1n) is 7.91. The van der Waals surface area contributed by atoms with Crippen LogP contribution in [0.25, 0.3) is 0 Å². The average molecular weight is 339 g/mol. The number of carbonyl (C=O) groups excluding carboxylic acids is 2. The highest BCUT2D eigenvalue weighted by Crippen LogP contribution is 2.27. The van der Waals surface area contributed by atoms with Gasteiger partial charge in [0.1, 0.15) is 5.60 Å². The molecule has 23 heavy (non-hydrogen) atoms. The fourth-order valence-corrected chi connectivity index (χ4v) is 3.62. The van der Waals surface area contributed by atoms with Gasteiger partial charge in [0, 0.05) is 31.6 Å². The summed E-state index contributed by atoms with van der Waals surface area (Å²) in [7, 11) is 1.84. The maximum Gasteiger partial charge on any atom is 0.307 e. The molecule has 0 unspecified atom stereocenters. The van der Waals surface area contributed by atoms with E-state index in [1.165, 1.54) is 11.8 Å². The summed E-state index contributed by atoms with van der Waals surface area (Å²) in [5.41, 5.74) is -0.460. The maximum absolute atomic E-state index is 12.6. The number of piperidine rings is 1. The maximum atomic E-state index is 12.6. The number of aromatic nitrogens is 2. The Kier molecular flexibility index (Phi) is 5.73. The summed E-state index contributed by atoms with van der Waals surface area (Å²) in [6.45, 7) is 6.27. The second-order valence-corrected chi connectivity index (χ2v) is 7.99. The van der Waals surface area contributed by atoms with Crippen LogP contribution < -0.4 is 4.90 Å². The molecule has 1 aromatic heterocycles. The molecule has 128 valence electrons. The van der Waals surface area contributed by atoms with Crippen LogP contribution in [0.15, 0.2) is 12.3 Å². The lowest BCUT2D eigenvalue weighted by molar-refractivity contribution is -0.154. The standard InChI is InChI=1S/C16H25N3O3S/c1-16(2,3)22-14(20)8-11-23-12-6-5-9-19(15(12)21)13-7-10-18(4)17-13/h7,10,12H,5-6,8-9,11H2,1-4H3/t12-/m0/s1. The molecule has 7 heteroatoms. The topological polar surface area (TPSA) is 64.4 Å². The lowest BCUT2D eigenvalue weighted by atomic mass is 10.1. The third kappa shape index (κ3) is 5.27. The molecule has 0 aromatic carbocycles. The summed E-state index contributed by atoms with van der Waals surface area (Å²) in [6.07, 6.45) is 3.96. The number of rotatable bonds is 5. The molecule has 1 amide bonds. The molecule has 2 heterocycles. The lowest BCUT2D eigenvalue weighted by Crippen LogP contribution is -2.43. The van der Waals surface area contributed by atoms with Crippen LogP contribution >= 0.6 is 11.8 Å². The summed E-state index contributed by atoms with van der Waals surface area (Å²) in [5, 5.41) is 4.20. The van der Waals surface area contributed by atoms with Crippen LogP contribution in [0.1, 0.15) is 40.0 Å². The normalized spacial score (nSPS) is 19.0. The second-order valence-electron chi connectivity index (χ2n) is 6.68. The number of hydrogen-bond donors (Lipinski definition) is 0. The summed E-state index contributed by atoms with van der Waals surface area (Å²) in [4.78, 5) is 26.1. The van der Waals surface area contributed by atoms with Gasteiger partial charge in [0.15, 0.2) is 5.82 Å². The SMILES string of the molecule is Cn1ccc(N2CCC[C@H](SCCC(=O)OC(C)(C)C)C2=O)n1. The second kappa shape index (κ2) is 7.38. The van der Waals surface area contributed by atoms with E-state index in [-0.39, 0.29) is 17.1 Å². The number of ether oxygens (including phenoxy) is 1. The van der Waals surface area contributed by atoms with E-state index >= 15 is 0 Å². The van der Waals surface area contributed by atoms with Crippen molar-refractivity contribution in [2.75, 3.05) is 17.2 Å². The zero-order valence-corrected chi connectivity index (χ0v) is 15.1. The predicted octanol–water partition coefficient (Wildman–Crippen LogP) is 2.38. The van der Waals surface area contributed by atoms with E-state index in [4.69, 9.17) is 4.74 Å². The van der Waals surface area contributed by atoms with Gasteiger partial charge in [-0.15, -0.1) is 11.8 Å². The van der Waals surface area contributed by atoms with Gasteiger partial charge in [0.25, 0.3) is 0 Å². The smallest absolute Gasteiger partial charge is 0.307 e. The van der Waals surface area contributed by atoms with Crippen LogP contribution in [0, 0.1) is 0 Å². The van der Waals surface area contributed by atoms with Gasteiger partial charge in [-0.25, -0.2) is 0 Å². The average Bonchev–Trinajstić information content (AvgIpc) is 2.85. The minimum atomic E-state index is -0.460. The molecule has 1 atom stereocenters. The molecule has 1 aliphatic rings. The highest BCUT2D eigenvalue weighted by molar-refractivity contribution is 8.00. The zero-order chi connectivity index (χ0) is 17.0. The molecule has 0 N–H and O–H groups in total. The van der Waals surface area contributed by atoms with E-state index in [2.05, 4.69) is 5.10 Å². The molecular formula is C16H25N3O3S. The molecule has 0 aliphatic carbocycles. The summed E-state index contributed by atoms with van der Waals surface area (Å²) < 4.78 is 6.98. The van der Waals surface area contributed by atoms with Crippen molar-refractivity contribution >= 4 is 29.5 Å². The van der Waals surface area contributed by atoms with Crippen molar-refractivity contribution in [2.45, 2.75) is 50.9 Å². The fourth-order valence-electron chi connectivity index (χ4n) is 2.45. The van der Waals surface area contributed by atoms with Gasteiger partial charge in [-0.1, -0.05) is 0 Å². The molecular weight excluding hydrogens is 314 g/mol. The van der Waals surface area contributed by atoms with E-state index < -0.39 is 5.60 Å². The monoisotopic (exact) mass is 339 g/mol. The lowest BCUT2D eigenvalue weighted by Gasteiger charge is -2.30. The minimum absolute atomic E-state index is 0.0872. The number of amides is 1. The first-order valence-corrected chi connectivity index (χ1v) is 8.95. The van der Waals surface area contributed by atoms with E-state index in [0.717, 1.165) is 12.8 Å². The number of esters is 1. The highest BCUT2D eigenvalue weighted by atomic mass is 32.2. The van der Waals surface area contributed by atoms with Crippen molar-refractivity contribution in [3.05, 3.63) is 12.3 Å². The van der Waals surface area contributed by atoms with Crippen LogP contribution in [0.2, 0.25) is 0 Å². The molecule has 0 bridgehead atoms. The van der Waals surface area contributed by atoms with Crippen molar-refractivity contribution in [3.8, 4) is 0 Å². The van der Waals surface area contributed by atoms with Gasteiger partial charge < -0.3 is 4.74 Å². The first kappa shape index (κ1) is 17.8. The van der Waals surface area contributed by atoms with Gasteiger partial charge in [0.05, 0.1) is 11.7 Å². The largest absolute Gasteiger partial charge is 0.460 e. The number of carbonyl (C=O) groups is 2. The number of hydrogen-bond acceptors (Lipinski definition) is 5. The van der Waals surface area contributed by atoms with E-state index in [9.17, 15) is 9.59 Å². The van der Waals surface area contributed by atoms with E-state index in [1.807, 2.05) is 40.1 Å². The quantitative estimate of drug-likeness (QED) is 0.771. The Labute approximate surface area is 141 Å². The van der Waals surface area contributed by atoms with Crippen LogP contribution in [-0.4, -0.2) is 44.8 Å². The summed E-state index contributed by atoms with van der Waals surface area (Å²) in [5.74, 6) is 1.18. The van der Waals surface area contributed by atoms with Crippen LogP contribution in [0.4, 0.5) is 5.82 Å². The number of thioether (sulfide) groups is 1. The van der Waals surface area contributed by atoms with Gasteiger partial charge >= 0.3 is 5.97 Å². The minimum Gasteiger partial charge on any atom is -0.460 e. The molecule has 1 saturated heterocycles. The molecule has 6 nitrogen and oxygen atoms in total. The van der Waals surface area contributed by atoms with E-state index in [0.29, 0.717) is 24.5 Å². The Morgan fingerprint density at radius 2 is 2.22 bits per heavy atom. The summed E-state index contributed by atoms with van der Waals surface area (Å²) in [6, 6.07) is 1.85. The molecule has 1 aliphatic heterocycles. The fraction of sp³-hybridized carbons (Fsp3) is 0.688. The Morgan fingerprint density at radius 3 is 2.83 bits per heavy atom. The Balaban J connectivity index is 1.83. The van der Waals surface area contributed by atoms with Crippen molar-refractivity contribution in [2.24, 2.45) is 7.05 Å². The van der Waals surface area contributed by atoms with Crippen molar-refractivity contribution < 1.29 is 14.3 Å². The van der Waals surface area contributed by atoms with Crippen molar-refractivity contribution in [1.29, 1.82) is 0 Å². The van der Waals surface area contributed by atoms with Crippen LogP contribution in [-0.2, 0) is 21.4 Å². The molecule has 1 aromatic rings. The summed E-state index contributed by atoms with van der Waals surface area (Å²) >= 11 is 1.54. The van der Waals surface area contributed by atoms with Crippen molar-refractivity contribution in [3.63, 3.8) is 0 Å². The first-order chi connectivity index (χ1) is 10.8. The number of nitrogens with zero attached hydrogens (tertiary/aromatic N) is 3. The van der Waals surface area contributed by atoms with Gasteiger partial charge in [-0.3, -0.25) is 19.2 Å². The van der Waals surface area contributed by atoms with Crippen molar-refractivity contribution in [1.82, 2.24) is 9.78 Å². The Hall–Kier alpha value is -1.50. The van der Waals surface area contributed by atoms with Gasteiger partial charge in [0.2, 0.25) is 5.91 Å². The molecule has 0 radical (unpaired) electrons. The Morgan fingerprint density at radius 1 is 1.48 bits per heavy atom. The third-order valence-corrected chi connectivity index (χ3v) is 4.69. The van der Waals surface area contributed by atoms with Crippen LogP contribution in [0.3, 0.4) is 0 Å². The third-order valence-electron chi connectivity index (χ3n) is 3.41. The molecule has 1 fully saturated rings. The Bertz CT molecular complexity index is 565. The number of aryl methyl sites for hydroxylation is 1.